The minimum absolute atomic E-state index is 0.0339. The molecule has 0 radical (unpaired) electrons. The number of unbranched alkanes of at least 4 members (excludes halogenated alkanes) is 13. The van der Waals surface area contributed by atoms with E-state index in [9.17, 15) is 14.7 Å². The van der Waals surface area contributed by atoms with Gasteiger partial charge in [0.1, 0.15) is 6.10 Å². The highest BCUT2D eigenvalue weighted by Gasteiger charge is 2.38. The summed E-state index contributed by atoms with van der Waals surface area (Å²) < 4.78 is 5.93. The lowest BCUT2D eigenvalue weighted by Gasteiger charge is -2.18. The summed E-state index contributed by atoms with van der Waals surface area (Å²) in [6.07, 6.45) is 27.4. The fraction of sp³-hybridized carbons (Fsp3) is 0.943. The Morgan fingerprint density at radius 3 is 1.80 bits per heavy atom. The molecule has 0 bridgehead atoms. The first-order chi connectivity index (χ1) is 19.4. The van der Waals surface area contributed by atoms with Crippen LogP contribution in [0.3, 0.4) is 0 Å². The van der Waals surface area contributed by atoms with E-state index in [4.69, 9.17) is 4.74 Å². The van der Waals surface area contributed by atoms with Crippen LogP contribution in [0, 0.1) is 17.8 Å². The van der Waals surface area contributed by atoms with Gasteiger partial charge in [-0.2, -0.15) is 0 Å². The first-order valence-corrected chi connectivity index (χ1v) is 17.4. The van der Waals surface area contributed by atoms with Crippen LogP contribution in [-0.4, -0.2) is 48.7 Å². The summed E-state index contributed by atoms with van der Waals surface area (Å²) in [6, 6.07) is 0. The molecule has 0 saturated heterocycles. The SMILES string of the molecule is CCCCCCCCCC(CCCCCCCC(CC1CC1CCCCCC)C(=O)O)OC(=O)CCCN(C)C. The van der Waals surface area contributed by atoms with Gasteiger partial charge in [0, 0.05) is 6.42 Å². The van der Waals surface area contributed by atoms with Gasteiger partial charge in [-0.05, 0) is 83.8 Å². The van der Waals surface area contributed by atoms with Crippen molar-refractivity contribution in [3.8, 4) is 0 Å². The Morgan fingerprint density at radius 2 is 1.25 bits per heavy atom. The van der Waals surface area contributed by atoms with Gasteiger partial charge >= 0.3 is 11.9 Å². The Labute approximate surface area is 248 Å². The minimum Gasteiger partial charge on any atom is -0.481 e. The van der Waals surface area contributed by atoms with Crippen LogP contribution >= 0.6 is 0 Å². The number of ether oxygens (including phenoxy) is 1. The maximum Gasteiger partial charge on any atom is 0.306 e. The fourth-order valence-electron chi connectivity index (χ4n) is 6.16. The van der Waals surface area contributed by atoms with E-state index in [0.717, 1.165) is 83.1 Å². The molecule has 0 heterocycles. The maximum absolute atomic E-state index is 12.4. The highest BCUT2D eigenvalue weighted by molar-refractivity contribution is 5.70. The Balaban J connectivity index is 2.24. The van der Waals surface area contributed by atoms with E-state index in [1.54, 1.807) is 0 Å². The van der Waals surface area contributed by atoms with Gasteiger partial charge in [-0.25, -0.2) is 0 Å². The Kier molecular flexibility index (Phi) is 22.6. The van der Waals surface area contributed by atoms with E-state index in [-0.39, 0.29) is 18.0 Å². The number of hydrogen-bond acceptors (Lipinski definition) is 4. The van der Waals surface area contributed by atoms with Crippen molar-refractivity contribution in [3.63, 3.8) is 0 Å². The van der Waals surface area contributed by atoms with Crippen molar-refractivity contribution in [2.45, 2.75) is 174 Å². The van der Waals surface area contributed by atoms with Crippen LogP contribution in [0.5, 0.6) is 0 Å². The summed E-state index contributed by atoms with van der Waals surface area (Å²) in [5.41, 5.74) is 0. The smallest absolute Gasteiger partial charge is 0.306 e. The van der Waals surface area contributed by atoms with Crippen LogP contribution in [0.25, 0.3) is 0 Å². The summed E-state index contributed by atoms with van der Waals surface area (Å²) in [7, 11) is 4.07. The topological polar surface area (TPSA) is 66.8 Å². The van der Waals surface area contributed by atoms with Crippen molar-refractivity contribution >= 4 is 11.9 Å². The largest absolute Gasteiger partial charge is 0.481 e. The second-order valence-electron chi connectivity index (χ2n) is 13.1. The van der Waals surface area contributed by atoms with Crippen molar-refractivity contribution in [2.24, 2.45) is 17.8 Å². The maximum atomic E-state index is 12.4. The molecule has 1 saturated carbocycles. The molecule has 0 aliphatic heterocycles. The molecule has 0 aromatic heterocycles. The number of carbonyl (C=O) groups excluding carboxylic acids is 1. The minimum atomic E-state index is -0.586. The molecule has 236 valence electrons. The molecule has 5 heteroatoms. The van der Waals surface area contributed by atoms with Crippen LogP contribution < -0.4 is 0 Å². The summed E-state index contributed by atoms with van der Waals surface area (Å²) >= 11 is 0. The van der Waals surface area contributed by atoms with E-state index >= 15 is 0 Å². The lowest BCUT2D eigenvalue weighted by Crippen LogP contribution is -2.20. The number of rotatable bonds is 29. The number of carboxylic acids is 1. The lowest BCUT2D eigenvalue weighted by atomic mass is 9.93. The van der Waals surface area contributed by atoms with Crippen molar-refractivity contribution in [1.82, 2.24) is 4.90 Å². The molecule has 1 aliphatic rings. The molecule has 0 aromatic rings. The van der Waals surface area contributed by atoms with Gasteiger partial charge in [-0.15, -0.1) is 0 Å². The van der Waals surface area contributed by atoms with Crippen LogP contribution in [-0.2, 0) is 14.3 Å². The van der Waals surface area contributed by atoms with Crippen LogP contribution in [0.15, 0.2) is 0 Å². The molecule has 40 heavy (non-hydrogen) atoms. The van der Waals surface area contributed by atoms with E-state index in [1.807, 2.05) is 14.1 Å². The normalized spacial score (nSPS) is 18.1. The second kappa shape index (κ2) is 24.5. The highest BCUT2D eigenvalue weighted by atomic mass is 16.5. The number of esters is 1. The van der Waals surface area contributed by atoms with E-state index in [1.165, 1.54) is 77.0 Å². The zero-order valence-corrected chi connectivity index (χ0v) is 27.1. The zero-order valence-electron chi connectivity index (χ0n) is 27.1. The van der Waals surface area contributed by atoms with Crippen LogP contribution in [0.4, 0.5) is 0 Å². The number of carbonyl (C=O) groups is 2. The third-order valence-electron chi connectivity index (χ3n) is 8.93. The number of nitrogens with zero attached hydrogens (tertiary/aromatic N) is 1. The molecular formula is C35H67NO4. The monoisotopic (exact) mass is 566 g/mol. The van der Waals surface area contributed by atoms with Crippen molar-refractivity contribution in [2.75, 3.05) is 20.6 Å². The standard InChI is InChI=1S/C35H67NO4/c1-5-7-9-11-12-15-19-24-33(40-34(37)26-21-27-36(3)4)25-20-16-13-14-18-23-31(35(38)39)29-32-28-30(32)22-17-10-8-6-2/h30-33H,5-29H2,1-4H3,(H,38,39). The van der Waals surface area contributed by atoms with Gasteiger partial charge in [-0.1, -0.05) is 110 Å². The van der Waals surface area contributed by atoms with Gasteiger partial charge in [0.05, 0.1) is 5.92 Å². The van der Waals surface area contributed by atoms with Gasteiger partial charge in [-0.3, -0.25) is 9.59 Å². The van der Waals surface area contributed by atoms with E-state index in [2.05, 4.69) is 18.7 Å². The van der Waals surface area contributed by atoms with Gasteiger partial charge < -0.3 is 14.7 Å². The molecule has 5 nitrogen and oxygen atoms in total. The molecule has 4 unspecified atom stereocenters. The van der Waals surface area contributed by atoms with Crippen molar-refractivity contribution in [1.29, 1.82) is 0 Å². The molecule has 0 spiro atoms. The van der Waals surface area contributed by atoms with Crippen LogP contribution in [0.2, 0.25) is 0 Å². The first-order valence-electron chi connectivity index (χ1n) is 17.4. The third-order valence-corrected chi connectivity index (χ3v) is 8.93. The lowest BCUT2D eigenvalue weighted by molar-refractivity contribution is -0.150. The third kappa shape index (κ3) is 20.7. The quantitative estimate of drug-likeness (QED) is 0.0722. The molecule has 0 amide bonds. The summed E-state index contributed by atoms with van der Waals surface area (Å²) in [5.74, 6) is 0.700. The average Bonchev–Trinajstić information content (AvgIpc) is 3.66. The second-order valence-corrected chi connectivity index (χ2v) is 13.1. The molecule has 4 atom stereocenters. The number of aliphatic carboxylic acids is 1. The van der Waals surface area contributed by atoms with Crippen molar-refractivity contribution in [3.05, 3.63) is 0 Å². The van der Waals surface area contributed by atoms with E-state index < -0.39 is 5.97 Å². The Morgan fingerprint density at radius 1 is 0.725 bits per heavy atom. The van der Waals surface area contributed by atoms with Gasteiger partial charge in [0.2, 0.25) is 0 Å². The zero-order chi connectivity index (χ0) is 29.4. The molecule has 1 rings (SSSR count). The Bertz CT molecular complexity index is 623. The predicted molar refractivity (Wildman–Crippen MR) is 169 cm³/mol. The van der Waals surface area contributed by atoms with Crippen LogP contribution in [0.1, 0.15) is 168 Å². The van der Waals surface area contributed by atoms with Crippen molar-refractivity contribution < 1.29 is 19.4 Å². The summed E-state index contributed by atoms with van der Waals surface area (Å²) in [5, 5.41) is 9.74. The average molecular weight is 566 g/mol. The van der Waals surface area contributed by atoms with Gasteiger partial charge in [0.15, 0.2) is 0 Å². The van der Waals surface area contributed by atoms with Gasteiger partial charge in [0.25, 0.3) is 0 Å². The molecule has 1 aliphatic carbocycles. The number of hydrogen-bond donors (Lipinski definition) is 1. The Hall–Kier alpha value is -1.10. The number of carboxylic acid groups (broad SMARTS) is 1. The summed E-state index contributed by atoms with van der Waals surface area (Å²) in [4.78, 5) is 26.4. The molecule has 1 N–H and O–H groups in total. The van der Waals surface area contributed by atoms with E-state index in [0.29, 0.717) is 12.3 Å². The predicted octanol–water partition coefficient (Wildman–Crippen LogP) is 9.81. The fourth-order valence-corrected chi connectivity index (χ4v) is 6.16. The molecule has 0 aromatic carbocycles. The highest BCUT2D eigenvalue weighted by Crippen LogP contribution is 2.47. The first kappa shape index (κ1) is 36.9. The summed E-state index contributed by atoms with van der Waals surface area (Å²) in [6.45, 7) is 5.42. The molecular weight excluding hydrogens is 498 g/mol. The molecule has 1 fully saturated rings.